The Kier molecular flexibility index (Phi) is 15.1. The minimum absolute atomic E-state index is 0.134. The normalized spacial score (nSPS) is 19.6. The number of thiophene rings is 3. The van der Waals surface area contributed by atoms with Gasteiger partial charge in [0.1, 0.15) is 0 Å². The lowest BCUT2D eigenvalue weighted by molar-refractivity contribution is 0.0972. The van der Waals surface area contributed by atoms with Crippen LogP contribution in [-0.2, 0) is 0 Å². The summed E-state index contributed by atoms with van der Waals surface area (Å²) in [7, 11) is 3.90. The molecule has 5 atom stereocenters. The smallest absolute Gasteiger partial charge is 0.200 e. The Hall–Kier alpha value is -6.57. The zero-order valence-electron chi connectivity index (χ0n) is 40.9. The van der Waals surface area contributed by atoms with E-state index in [1.807, 2.05) is 110 Å². The molecule has 0 amide bonds. The van der Waals surface area contributed by atoms with E-state index in [0.717, 1.165) is 75.2 Å². The summed E-state index contributed by atoms with van der Waals surface area (Å²) in [5.74, 6) is 1.63. The van der Waals surface area contributed by atoms with E-state index in [-0.39, 0.29) is 23.4 Å². The molecule has 0 fully saturated rings. The van der Waals surface area contributed by atoms with Crippen molar-refractivity contribution in [1.82, 2.24) is 25.3 Å². The van der Waals surface area contributed by atoms with E-state index in [2.05, 4.69) is 98.4 Å². The number of hydrazone groups is 1. The van der Waals surface area contributed by atoms with Gasteiger partial charge in [0.2, 0.25) is 5.78 Å². The zero-order chi connectivity index (χ0) is 51.6. The van der Waals surface area contributed by atoms with Crippen LogP contribution in [0.1, 0.15) is 107 Å². The van der Waals surface area contributed by atoms with Gasteiger partial charge < -0.3 is 10.3 Å². The Bertz CT molecular complexity index is 3540. The van der Waals surface area contributed by atoms with Crippen molar-refractivity contribution in [3.8, 4) is 31.3 Å². The number of Topliss-reactive ketones (excluding diaryl/α,β-unsaturated/α-hetero) is 2. The average Bonchev–Trinajstić information content (AvgIpc) is 4.29. The predicted octanol–water partition coefficient (Wildman–Crippen LogP) is 16.4. The predicted molar refractivity (Wildman–Crippen MR) is 309 cm³/mol. The second kappa shape index (κ2) is 22.3. The Balaban J connectivity index is 0.000000121. The molecular formula is C61H49Cl3N6O2S3. The highest BCUT2D eigenvalue weighted by Crippen LogP contribution is 2.51. The van der Waals surface area contributed by atoms with Crippen LogP contribution in [0.25, 0.3) is 31.3 Å². The average molecular weight is 1100 g/mol. The van der Waals surface area contributed by atoms with Crippen molar-refractivity contribution in [2.45, 2.75) is 49.5 Å². The molecule has 0 saturated carbocycles. The summed E-state index contributed by atoms with van der Waals surface area (Å²) in [6, 6.07) is 43.3. The summed E-state index contributed by atoms with van der Waals surface area (Å²) in [6.07, 6.45) is 18.1. The molecule has 13 rings (SSSR count). The third-order valence-corrected chi connectivity index (χ3v) is 18.6. The topological polar surface area (TPSA) is 100 Å². The fraction of sp³-hybridized carbons (Fsp3) is 0.180. The number of halogens is 3. The van der Waals surface area contributed by atoms with Crippen LogP contribution < -0.4 is 5.43 Å². The summed E-state index contributed by atoms with van der Waals surface area (Å²) in [5.41, 5.74) is 15.0. The number of benzene rings is 3. The van der Waals surface area contributed by atoms with Crippen LogP contribution in [0.15, 0.2) is 181 Å². The number of hydrogen-bond acceptors (Lipinski definition) is 11. The van der Waals surface area contributed by atoms with E-state index in [0.29, 0.717) is 30.7 Å². The monoisotopic (exact) mass is 1100 g/mol. The molecule has 0 bridgehead atoms. The highest BCUT2D eigenvalue weighted by Gasteiger charge is 2.39. The number of rotatable bonds is 7. The third-order valence-electron chi connectivity index (χ3n) is 14.1. The summed E-state index contributed by atoms with van der Waals surface area (Å²) in [6.45, 7) is 0. The molecule has 0 spiro atoms. The van der Waals surface area contributed by atoms with Crippen LogP contribution in [0.3, 0.4) is 0 Å². The molecule has 0 radical (unpaired) electrons. The van der Waals surface area contributed by atoms with Crippen molar-refractivity contribution in [1.29, 1.82) is 0 Å². The van der Waals surface area contributed by atoms with Gasteiger partial charge in [0.15, 0.2) is 5.78 Å². The van der Waals surface area contributed by atoms with Gasteiger partial charge in [0, 0.05) is 134 Å². The van der Waals surface area contributed by atoms with Gasteiger partial charge in [0.05, 0.1) is 15.8 Å². The van der Waals surface area contributed by atoms with E-state index >= 15 is 0 Å². The Labute approximate surface area is 463 Å². The molecule has 4 aliphatic rings. The molecule has 75 heavy (non-hydrogen) atoms. The highest BCUT2D eigenvalue weighted by atomic mass is 35.5. The Morgan fingerprint density at radius 3 is 1.53 bits per heavy atom. The number of fused-ring (bicyclic) bond motifs is 5. The maximum absolute atomic E-state index is 13.1. The van der Waals surface area contributed by atoms with Crippen molar-refractivity contribution < 1.29 is 9.59 Å². The maximum Gasteiger partial charge on any atom is 0.200 e. The quantitative estimate of drug-likeness (QED) is 0.159. The number of pyridine rings is 3. The number of nitrogens with one attached hydrogen (secondary N) is 1. The molecule has 5 unspecified atom stereocenters. The first kappa shape index (κ1) is 50.6. The van der Waals surface area contributed by atoms with Crippen molar-refractivity contribution in [3.63, 3.8) is 0 Å². The summed E-state index contributed by atoms with van der Waals surface area (Å²) in [5, 5.41) is 6.59. The zero-order valence-corrected chi connectivity index (χ0v) is 45.6. The lowest BCUT2D eigenvalue weighted by atomic mass is 9.75. The van der Waals surface area contributed by atoms with E-state index < -0.39 is 0 Å². The number of aromatic nitrogens is 3. The molecule has 3 aromatic carbocycles. The lowest BCUT2D eigenvalue weighted by Gasteiger charge is -2.31. The van der Waals surface area contributed by atoms with Gasteiger partial charge in [0.25, 0.3) is 0 Å². The third kappa shape index (κ3) is 10.9. The van der Waals surface area contributed by atoms with Gasteiger partial charge in [-0.1, -0.05) is 71.2 Å². The number of ketones is 2. The number of allylic oxidation sites excluding steroid dienone is 1. The van der Waals surface area contributed by atoms with Gasteiger partial charge in [-0.05, 0) is 160 Å². The molecule has 9 aromatic rings. The number of carbonyl (C=O) groups excluding carboxylic acids is 2. The van der Waals surface area contributed by atoms with Crippen molar-refractivity contribution in [3.05, 3.63) is 239 Å². The molecule has 6 aromatic heterocycles. The van der Waals surface area contributed by atoms with E-state index in [1.165, 1.54) is 37.6 Å². The SMILES string of the molecule is CN(C)/C=C1/CC(c2ccc(Cl)cc2)c2cc(-c3ccncc3)sc2C1=O.Clc1ccc(C2CC3C=NNC3c3sc(-c4ccncc4)cc32)cc1.O=C1CCC(c2ccc(Cl)cc2)c2cc(-c3ccncc3)sc21. The molecule has 0 saturated heterocycles. The number of carbonyl (C=O) groups is 2. The standard InChI is InChI=1S/C22H19ClN2OS.C20H16ClN3S.C19H14ClNOS/c1-25(2)13-16-11-18(14-3-5-17(23)6-4-14)19-12-20(27-22(19)21(16)26)15-7-9-24-10-8-15;21-15-3-1-12(2-4-15)16-9-14-11-23-24-19(14)20-17(16)10-18(25-20)13-5-7-22-8-6-13;20-14-3-1-12(2-4-14)15-5-6-17(22)19-16(15)11-18(23-19)13-7-9-21-10-8-13/h3-10,12-13,18H,11H2,1-2H3;1-8,10-11,14,16,19,24H,9H2;1-4,7-11,15H,5-6H2/b16-13-;;. The Morgan fingerprint density at radius 2 is 1.01 bits per heavy atom. The van der Waals surface area contributed by atoms with Gasteiger partial charge >= 0.3 is 0 Å². The number of nitrogens with zero attached hydrogens (tertiary/aromatic N) is 5. The first-order chi connectivity index (χ1) is 36.5. The minimum Gasteiger partial charge on any atom is -0.383 e. The van der Waals surface area contributed by atoms with Crippen LogP contribution in [0, 0.1) is 5.92 Å². The first-order valence-electron chi connectivity index (χ1n) is 24.7. The fourth-order valence-corrected chi connectivity index (χ4v) is 14.6. The largest absolute Gasteiger partial charge is 0.383 e. The van der Waals surface area contributed by atoms with Crippen LogP contribution in [0.2, 0.25) is 15.1 Å². The van der Waals surface area contributed by atoms with Crippen molar-refractivity contribution in [2.75, 3.05) is 14.1 Å². The molecule has 8 nitrogen and oxygen atoms in total. The molecule has 14 heteroatoms. The summed E-state index contributed by atoms with van der Waals surface area (Å²) in [4.78, 5) is 46.3. The maximum atomic E-state index is 13.1. The van der Waals surface area contributed by atoms with Crippen LogP contribution >= 0.6 is 68.8 Å². The molecule has 1 N–H and O–H groups in total. The van der Waals surface area contributed by atoms with E-state index in [1.54, 1.807) is 47.5 Å². The van der Waals surface area contributed by atoms with Gasteiger partial charge in [-0.3, -0.25) is 24.5 Å². The van der Waals surface area contributed by atoms with Gasteiger partial charge in [-0.25, -0.2) is 0 Å². The van der Waals surface area contributed by atoms with Crippen LogP contribution in [-0.4, -0.2) is 51.7 Å². The second-order valence-corrected chi connectivity index (χ2v) is 23.6. The van der Waals surface area contributed by atoms with Gasteiger partial charge in [-0.15, -0.1) is 34.0 Å². The summed E-state index contributed by atoms with van der Waals surface area (Å²) < 4.78 is 0. The second-order valence-electron chi connectivity index (χ2n) is 19.1. The Morgan fingerprint density at radius 1 is 0.560 bits per heavy atom. The highest BCUT2D eigenvalue weighted by molar-refractivity contribution is 7.18. The van der Waals surface area contributed by atoms with E-state index in [9.17, 15) is 9.59 Å². The lowest BCUT2D eigenvalue weighted by Crippen LogP contribution is -2.26. The van der Waals surface area contributed by atoms with Crippen molar-refractivity contribution >= 4 is 86.6 Å². The molecule has 7 heterocycles. The molecular weight excluding hydrogens is 1050 g/mol. The fourth-order valence-electron chi connectivity index (χ4n) is 10.5. The first-order valence-corrected chi connectivity index (χ1v) is 28.2. The van der Waals surface area contributed by atoms with E-state index in [4.69, 9.17) is 34.8 Å². The molecule has 1 aliphatic heterocycles. The van der Waals surface area contributed by atoms with Gasteiger partial charge in [-0.2, -0.15) is 5.10 Å². The summed E-state index contributed by atoms with van der Waals surface area (Å²) >= 11 is 23.2. The van der Waals surface area contributed by atoms with Crippen molar-refractivity contribution in [2.24, 2.45) is 11.0 Å². The van der Waals surface area contributed by atoms with Crippen LogP contribution in [0.4, 0.5) is 0 Å². The van der Waals surface area contributed by atoms with Crippen LogP contribution in [0.5, 0.6) is 0 Å². The molecule has 374 valence electrons. The molecule has 3 aliphatic carbocycles. The minimum atomic E-state index is 0.134. The number of hydrogen-bond donors (Lipinski definition) is 1.